The van der Waals surface area contributed by atoms with Gasteiger partial charge in [0.2, 0.25) is 0 Å². The van der Waals surface area contributed by atoms with E-state index in [2.05, 4.69) is 38.4 Å². The number of pyridine rings is 2. The monoisotopic (exact) mass is 472 g/mol. The lowest BCUT2D eigenvalue weighted by Gasteiger charge is -2.40. The van der Waals surface area contributed by atoms with Crippen molar-refractivity contribution < 1.29 is 22.3 Å². The van der Waals surface area contributed by atoms with Crippen LogP contribution in [0.4, 0.5) is 29.1 Å². The lowest BCUT2D eigenvalue weighted by atomic mass is 9.95. The molecule has 9 heteroatoms. The number of alkyl halides is 3. The fourth-order valence-corrected chi connectivity index (χ4v) is 3.73. The summed E-state index contributed by atoms with van der Waals surface area (Å²) in [6, 6.07) is 8.65. The summed E-state index contributed by atoms with van der Waals surface area (Å²) in [4.78, 5) is 11.0. The van der Waals surface area contributed by atoms with Crippen LogP contribution in [0.15, 0.2) is 55.4 Å². The number of aryl methyl sites for hydroxylation is 1. The molecule has 2 aromatic heterocycles. The summed E-state index contributed by atoms with van der Waals surface area (Å²) in [5.41, 5.74) is 3.32. The summed E-state index contributed by atoms with van der Waals surface area (Å²) in [6.45, 7) is 9.55. The van der Waals surface area contributed by atoms with E-state index in [1.165, 1.54) is 30.3 Å². The van der Waals surface area contributed by atoms with E-state index in [1.54, 1.807) is 19.3 Å². The van der Waals surface area contributed by atoms with E-state index in [1.807, 2.05) is 6.07 Å². The first kappa shape index (κ1) is 23.5. The average Bonchev–Trinajstić information content (AvgIpc) is 2.75. The zero-order valence-corrected chi connectivity index (χ0v) is 18.8. The van der Waals surface area contributed by atoms with Gasteiger partial charge in [0.25, 0.3) is 0 Å². The molecule has 1 saturated heterocycles. The van der Waals surface area contributed by atoms with Gasteiger partial charge in [0, 0.05) is 53.6 Å². The molecule has 0 spiro atoms. The van der Waals surface area contributed by atoms with Crippen molar-refractivity contribution in [3.05, 3.63) is 72.4 Å². The van der Waals surface area contributed by atoms with Gasteiger partial charge in [-0.15, -0.1) is 13.2 Å². The fourth-order valence-electron chi connectivity index (χ4n) is 3.73. The van der Waals surface area contributed by atoms with Crippen molar-refractivity contribution in [3.63, 3.8) is 0 Å². The summed E-state index contributed by atoms with van der Waals surface area (Å²) >= 11 is 0. The Morgan fingerprint density at radius 1 is 1.15 bits per heavy atom. The van der Waals surface area contributed by atoms with Crippen LogP contribution in [-0.4, -0.2) is 29.4 Å². The molecule has 0 radical (unpaired) electrons. The Kier molecular flexibility index (Phi) is 6.45. The molecule has 0 amide bonds. The van der Waals surface area contributed by atoms with Gasteiger partial charge >= 0.3 is 6.36 Å². The number of hydrogen-bond acceptors (Lipinski definition) is 5. The molecule has 1 aliphatic heterocycles. The Morgan fingerprint density at radius 3 is 2.47 bits per heavy atom. The van der Waals surface area contributed by atoms with Crippen LogP contribution in [0.1, 0.15) is 24.6 Å². The lowest BCUT2D eigenvalue weighted by molar-refractivity contribution is -0.274. The van der Waals surface area contributed by atoms with E-state index in [0.717, 1.165) is 30.9 Å². The van der Waals surface area contributed by atoms with Gasteiger partial charge in [-0.05, 0) is 55.7 Å². The van der Waals surface area contributed by atoms with Crippen molar-refractivity contribution in [1.29, 1.82) is 0 Å². The van der Waals surface area contributed by atoms with Crippen LogP contribution in [0.2, 0.25) is 0 Å². The molecule has 1 aliphatic rings. The van der Waals surface area contributed by atoms with Crippen LogP contribution in [0.3, 0.4) is 0 Å². The molecule has 5 nitrogen and oxygen atoms in total. The van der Waals surface area contributed by atoms with Gasteiger partial charge in [-0.3, -0.25) is 4.98 Å². The first-order chi connectivity index (χ1) is 16.1. The number of nitrogens with zero attached hydrogens (tertiary/aromatic N) is 3. The first-order valence-electron chi connectivity index (χ1n) is 10.8. The molecular weight excluding hydrogens is 448 g/mol. The third-order valence-electron chi connectivity index (χ3n) is 5.77. The normalized spacial score (nSPS) is 14.0. The predicted molar refractivity (Wildman–Crippen MR) is 124 cm³/mol. The van der Waals surface area contributed by atoms with Gasteiger partial charge in [-0.25, -0.2) is 9.37 Å². The van der Waals surface area contributed by atoms with Crippen molar-refractivity contribution in [1.82, 2.24) is 9.97 Å². The molecule has 0 atom stereocenters. The predicted octanol–water partition coefficient (Wildman–Crippen LogP) is 6.42. The van der Waals surface area contributed by atoms with Gasteiger partial charge in [-0.2, -0.15) is 0 Å². The second-order valence-corrected chi connectivity index (χ2v) is 8.24. The van der Waals surface area contributed by atoms with E-state index in [4.69, 9.17) is 0 Å². The molecule has 3 heterocycles. The second kappa shape index (κ2) is 9.32. The second-order valence-electron chi connectivity index (χ2n) is 8.24. The van der Waals surface area contributed by atoms with E-state index in [9.17, 15) is 17.6 Å². The maximum atomic E-state index is 14.3. The van der Waals surface area contributed by atoms with E-state index in [-0.39, 0.29) is 5.75 Å². The van der Waals surface area contributed by atoms with Crippen LogP contribution >= 0.6 is 0 Å². The van der Waals surface area contributed by atoms with Crippen LogP contribution in [0.5, 0.6) is 5.75 Å². The Morgan fingerprint density at radius 2 is 1.85 bits per heavy atom. The number of hydrogen-bond donors (Lipinski definition) is 1. The van der Waals surface area contributed by atoms with Crippen molar-refractivity contribution in [2.75, 3.05) is 23.3 Å². The zero-order valence-electron chi connectivity index (χ0n) is 18.8. The fraction of sp³-hybridized carbons (Fsp3) is 0.280. The molecule has 0 bridgehead atoms. The Labute approximate surface area is 195 Å². The molecular formula is C25H24F4N4O. The third kappa shape index (κ3) is 5.30. The largest absolute Gasteiger partial charge is 0.573 e. The molecule has 0 aliphatic carbocycles. The maximum absolute atomic E-state index is 14.3. The van der Waals surface area contributed by atoms with E-state index in [0.29, 0.717) is 34.1 Å². The lowest BCUT2D eigenvalue weighted by Crippen LogP contribution is -2.47. The molecule has 34 heavy (non-hydrogen) atoms. The summed E-state index contributed by atoms with van der Waals surface area (Å²) in [5, 5.41) is 3.07. The standard InChI is InChI=1S/C25H24F4N4O/c1-4-17-13-33(14-17)24-22(19-10-23(26)16(3)30-12-19)9-18(11-31-24)15(2)32-20-5-7-21(8-6-20)34-25(27,28)29/h5-12,17,32H,2,4,13-14H2,1,3H3. The van der Waals surface area contributed by atoms with Gasteiger partial charge in [0.1, 0.15) is 17.4 Å². The summed E-state index contributed by atoms with van der Waals surface area (Å²) in [5.74, 6) is 0.635. The van der Waals surface area contributed by atoms with Crippen LogP contribution in [0.25, 0.3) is 16.8 Å². The highest BCUT2D eigenvalue weighted by molar-refractivity contribution is 5.82. The van der Waals surface area contributed by atoms with Crippen molar-refractivity contribution in [3.8, 4) is 16.9 Å². The molecule has 1 aromatic carbocycles. The summed E-state index contributed by atoms with van der Waals surface area (Å²) in [7, 11) is 0. The highest BCUT2D eigenvalue weighted by Gasteiger charge is 2.31. The average molecular weight is 472 g/mol. The Balaban J connectivity index is 1.59. The topological polar surface area (TPSA) is 50.3 Å². The van der Waals surface area contributed by atoms with Gasteiger partial charge in [0.05, 0.1) is 5.69 Å². The smallest absolute Gasteiger partial charge is 0.406 e. The molecule has 4 rings (SSSR count). The number of benzene rings is 1. The minimum Gasteiger partial charge on any atom is -0.406 e. The van der Waals surface area contributed by atoms with E-state index < -0.39 is 12.2 Å². The number of nitrogens with one attached hydrogen (secondary N) is 1. The molecule has 1 fully saturated rings. The number of aromatic nitrogens is 2. The van der Waals surface area contributed by atoms with Gasteiger partial charge < -0.3 is 15.0 Å². The first-order valence-corrected chi connectivity index (χ1v) is 10.8. The number of halogens is 4. The number of ether oxygens (including phenoxy) is 1. The minimum absolute atomic E-state index is 0.313. The van der Waals surface area contributed by atoms with Crippen molar-refractivity contribution in [2.24, 2.45) is 5.92 Å². The van der Waals surface area contributed by atoms with Crippen molar-refractivity contribution >= 4 is 17.2 Å². The molecule has 0 saturated carbocycles. The van der Waals surface area contributed by atoms with Crippen LogP contribution < -0.4 is 15.0 Å². The highest BCUT2D eigenvalue weighted by atomic mass is 19.4. The maximum Gasteiger partial charge on any atom is 0.573 e. The SMILES string of the molecule is C=C(Nc1ccc(OC(F)(F)F)cc1)c1cnc(N2CC(CC)C2)c(-c2cnc(C)c(F)c2)c1. The number of rotatable bonds is 7. The molecule has 1 N–H and O–H groups in total. The quantitative estimate of drug-likeness (QED) is 0.402. The molecule has 178 valence electrons. The van der Waals surface area contributed by atoms with Crippen molar-refractivity contribution in [2.45, 2.75) is 26.6 Å². The van der Waals surface area contributed by atoms with Crippen LogP contribution in [0, 0.1) is 18.7 Å². The Hall–Kier alpha value is -3.62. The highest BCUT2D eigenvalue weighted by Crippen LogP contribution is 2.36. The minimum atomic E-state index is -4.75. The van der Waals surface area contributed by atoms with E-state index >= 15 is 0 Å². The summed E-state index contributed by atoms with van der Waals surface area (Å²) in [6.07, 6.45) is -0.375. The summed E-state index contributed by atoms with van der Waals surface area (Å²) < 4.78 is 55.3. The molecule has 3 aromatic rings. The Bertz CT molecular complexity index is 1190. The number of anilines is 2. The van der Waals surface area contributed by atoms with Gasteiger partial charge in [-0.1, -0.05) is 13.5 Å². The van der Waals surface area contributed by atoms with Crippen LogP contribution in [-0.2, 0) is 0 Å². The third-order valence-corrected chi connectivity index (χ3v) is 5.77. The molecule has 0 unspecified atom stereocenters. The zero-order chi connectivity index (χ0) is 24.5. The van der Waals surface area contributed by atoms with Gasteiger partial charge in [0.15, 0.2) is 0 Å².